The van der Waals surface area contributed by atoms with Gasteiger partial charge in [-0.1, -0.05) is 109 Å². The Morgan fingerprint density at radius 2 is 1.42 bits per heavy atom. The average Bonchev–Trinajstić information content (AvgIpc) is 2.94. The van der Waals surface area contributed by atoms with Gasteiger partial charge in [-0.05, 0) is 46.2 Å². The summed E-state index contributed by atoms with van der Waals surface area (Å²) in [5.41, 5.74) is 5.71. The molecule has 1 amide bonds. The quantitative estimate of drug-likeness (QED) is 0.243. The monoisotopic (exact) mass is 507 g/mol. The molecule has 0 aliphatic carbocycles. The Morgan fingerprint density at radius 3 is 2.08 bits per heavy atom. The predicted octanol–water partition coefficient (Wildman–Crippen LogP) is 6.33. The molecular formula is C33H33NO4. The highest BCUT2D eigenvalue weighted by atomic mass is 16.5. The van der Waals surface area contributed by atoms with Gasteiger partial charge in [0.25, 0.3) is 5.91 Å². The minimum Gasteiger partial charge on any atom is -0.481 e. The van der Waals surface area contributed by atoms with Crippen molar-refractivity contribution in [1.29, 1.82) is 0 Å². The molecule has 0 spiro atoms. The summed E-state index contributed by atoms with van der Waals surface area (Å²) in [6.07, 6.45) is 1.02. The fourth-order valence-corrected chi connectivity index (χ4v) is 4.69. The zero-order chi connectivity index (χ0) is 26.7. The molecule has 0 bridgehead atoms. The average molecular weight is 508 g/mol. The van der Waals surface area contributed by atoms with Crippen molar-refractivity contribution < 1.29 is 19.4 Å². The number of carbonyl (C=O) groups excluding carboxylic acids is 1. The van der Waals surface area contributed by atoms with E-state index in [4.69, 9.17) is 4.74 Å². The third-order valence-corrected chi connectivity index (χ3v) is 6.61. The molecule has 5 heteroatoms. The number of ether oxygens (including phenoxy) is 1. The number of methoxy groups -OCH3 is 1. The van der Waals surface area contributed by atoms with Gasteiger partial charge in [-0.2, -0.15) is 0 Å². The Kier molecular flexibility index (Phi) is 9.43. The van der Waals surface area contributed by atoms with E-state index in [-0.39, 0.29) is 12.3 Å². The summed E-state index contributed by atoms with van der Waals surface area (Å²) in [5.74, 6) is -0.924. The second kappa shape index (κ2) is 13.4. The first-order valence-electron chi connectivity index (χ1n) is 12.8. The molecule has 4 aromatic rings. The number of carbonyl (C=O) groups is 2. The highest BCUT2D eigenvalue weighted by Gasteiger charge is 2.25. The maximum atomic E-state index is 13.7. The van der Waals surface area contributed by atoms with Crippen molar-refractivity contribution >= 4 is 11.9 Å². The number of hydrogen-bond donors (Lipinski definition) is 1. The SMILES string of the molecule is COC(C(=O)N(CCCc1ccccc1)Cc1ccc(-c2ccccc2CC(=O)O)cc1)c1ccccc1. The third kappa shape index (κ3) is 7.17. The lowest BCUT2D eigenvalue weighted by Crippen LogP contribution is -2.36. The van der Waals surface area contributed by atoms with Crippen LogP contribution in [0.3, 0.4) is 0 Å². The minimum atomic E-state index is -0.857. The lowest BCUT2D eigenvalue weighted by molar-refractivity contribution is -0.143. The Morgan fingerprint density at radius 1 is 0.789 bits per heavy atom. The summed E-state index contributed by atoms with van der Waals surface area (Å²) in [7, 11) is 1.57. The van der Waals surface area contributed by atoms with Crippen LogP contribution >= 0.6 is 0 Å². The molecule has 5 nitrogen and oxygen atoms in total. The standard InChI is InChI=1S/C33H33NO4/c1-38-32(28-14-6-3-7-15-28)33(37)34(22-10-13-25-11-4-2-5-12-25)24-26-18-20-27(21-19-26)30-17-9-8-16-29(30)23-31(35)36/h2-9,11-12,14-21,32H,10,13,22-24H2,1H3,(H,35,36). The van der Waals surface area contributed by atoms with Crippen molar-refractivity contribution in [2.45, 2.75) is 31.9 Å². The van der Waals surface area contributed by atoms with Crippen LogP contribution in [0, 0.1) is 0 Å². The first-order valence-corrected chi connectivity index (χ1v) is 12.8. The largest absolute Gasteiger partial charge is 0.481 e. The molecule has 4 aromatic carbocycles. The van der Waals surface area contributed by atoms with E-state index in [9.17, 15) is 14.7 Å². The summed E-state index contributed by atoms with van der Waals surface area (Å²) < 4.78 is 5.66. The first-order chi connectivity index (χ1) is 18.5. The van der Waals surface area contributed by atoms with Crippen LogP contribution in [0.4, 0.5) is 0 Å². The summed E-state index contributed by atoms with van der Waals surface area (Å²) in [6.45, 7) is 1.06. The lowest BCUT2D eigenvalue weighted by Gasteiger charge is -2.27. The van der Waals surface area contributed by atoms with Gasteiger partial charge in [0, 0.05) is 20.2 Å². The maximum absolute atomic E-state index is 13.7. The molecule has 194 valence electrons. The number of hydrogen-bond acceptors (Lipinski definition) is 3. The van der Waals surface area contributed by atoms with Crippen molar-refractivity contribution in [2.24, 2.45) is 0 Å². The van der Waals surface area contributed by atoms with Crippen molar-refractivity contribution in [2.75, 3.05) is 13.7 Å². The topological polar surface area (TPSA) is 66.8 Å². The molecule has 0 heterocycles. The number of amides is 1. The number of benzene rings is 4. The van der Waals surface area contributed by atoms with Crippen LogP contribution in [0.25, 0.3) is 11.1 Å². The minimum absolute atomic E-state index is 0.0283. The number of rotatable bonds is 12. The Balaban J connectivity index is 1.53. The van der Waals surface area contributed by atoms with Crippen LogP contribution in [0.2, 0.25) is 0 Å². The summed E-state index contributed by atoms with van der Waals surface area (Å²) >= 11 is 0. The molecule has 0 aliphatic heterocycles. The molecule has 0 fully saturated rings. The van der Waals surface area contributed by atoms with E-state index in [1.54, 1.807) is 7.11 Å². The van der Waals surface area contributed by atoms with E-state index >= 15 is 0 Å². The van der Waals surface area contributed by atoms with E-state index in [1.165, 1.54) is 5.56 Å². The summed E-state index contributed by atoms with van der Waals surface area (Å²) in [5, 5.41) is 9.28. The molecule has 0 saturated heterocycles. The second-order valence-electron chi connectivity index (χ2n) is 9.30. The number of nitrogens with zero attached hydrogens (tertiary/aromatic N) is 1. The Bertz CT molecular complexity index is 1320. The van der Waals surface area contributed by atoms with Crippen molar-refractivity contribution in [3.63, 3.8) is 0 Å². The van der Waals surface area contributed by atoms with E-state index in [0.29, 0.717) is 13.1 Å². The number of carboxylic acids is 1. The van der Waals surface area contributed by atoms with E-state index in [2.05, 4.69) is 12.1 Å². The van der Waals surface area contributed by atoms with Gasteiger partial charge in [-0.25, -0.2) is 0 Å². The molecule has 4 rings (SSSR count). The van der Waals surface area contributed by atoms with E-state index < -0.39 is 12.1 Å². The number of aliphatic carboxylic acids is 1. The van der Waals surface area contributed by atoms with Gasteiger partial charge in [-0.15, -0.1) is 0 Å². The van der Waals surface area contributed by atoms with Crippen LogP contribution < -0.4 is 0 Å². The molecule has 0 radical (unpaired) electrons. The van der Waals surface area contributed by atoms with E-state index in [0.717, 1.165) is 40.7 Å². The smallest absolute Gasteiger partial charge is 0.307 e. The van der Waals surface area contributed by atoms with Crippen LogP contribution in [-0.2, 0) is 33.7 Å². The second-order valence-corrected chi connectivity index (χ2v) is 9.30. The van der Waals surface area contributed by atoms with Gasteiger partial charge in [0.05, 0.1) is 6.42 Å². The van der Waals surface area contributed by atoms with Crippen LogP contribution in [0.1, 0.15) is 34.8 Å². The lowest BCUT2D eigenvalue weighted by atomic mass is 9.97. The molecule has 38 heavy (non-hydrogen) atoms. The van der Waals surface area contributed by atoms with Crippen molar-refractivity contribution in [3.8, 4) is 11.1 Å². The fraction of sp³-hybridized carbons (Fsp3) is 0.212. The third-order valence-electron chi connectivity index (χ3n) is 6.61. The maximum Gasteiger partial charge on any atom is 0.307 e. The first kappa shape index (κ1) is 26.8. The van der Waals surface area contributed by atoms with Gasteiger partial charge in [0.1, 0.15) is 0 Å². The van der Waals surface area contributed by atoms with Crippen LogP contribution in [-0.4, -0.2) is 35.5 Å². The van der Waals surface area contributed by atoms with Gasteiger partial charge >= 0.3 is 5.97 Å². The van der Waals surface area contributed by atoms with Crippen molar-refractivity contribution in [1.82, 2.24) is 4.90 Å². The van der Waals surface area contributed by atoms with Crippen LogP contribution in [0.5, 0.6) is 0 Å². The molecule has 1 unspecified atom stereocenters. The van der Waals surface area contributed by atoms with E-state index in [1.807, 2.05) is 102 Å². The molecule has 1 atom stereocenters. The highest BCUT2D eigenvalue weighted by Crippen LogP contribution is 2.26. The predicted molar refractivity (Wildman–Crippen MR) is 150 cm³/mol. The molecular weight excluding hydrogens is 474 g/mol. The van der Waals surface area contributed by atoms with Gasteiger partial charge < -0.3 is 14.7 Å². The van der Waals surface area contributed by atoms with Gasteiger partial charge in [-0.3, -0.25) is 9.59 Å². The molecule has 0 saturated carbocycles. The molecule has 0 aromatic heterocycles. The fourth-order valence-electron chi connectivity index (χ4n) is 4.69. The van der Waals surface area contributed by atoms with Crippen molar-refractivity contribution in [3.05, 3.63) is 131 Å². The summed E-state index contributed by atoms with van der Waals surface area (Å²) in [4.78, 5) is 26.9. The Labute approximate surface area is 224 Å². The number of aryl methyl sites for hydroxylation is 1. The van der Waals surface area contributed by atoms with Crippen LogP contribution in [0.15, 0.2) is 109 Å². The molecule has 1 N–H and O–H groups in total. The normalized spacial score (nSPS) is 11.6. The Hall–Kier alpha value is -4.22. The summed E-state index contributed by atoms with van der Waals surface area (Å²) in [6, 6.07) is 35.4. The highest BCUT2D eigenvalue weighted by molar-refractivity contribution is 5.82. The van der Waals surface area contributed by atoms with Gasteiger partial charge in [0.15, 0.2) is 6.10 Å². The van der Waals surface area contributed by atoms with Gasteiger partial charge in [0.2, 0.25) is 0 Å². The zero-order valence-electron chi connectivity index (χ0n) is 21.6. The zero-order valence-corrected chi connectivity index (χ0v) is 21.6. The number of carboxylic acid groups (broad SMARTS) is 1. The molecule has 0 aliphatic rings.